The molecule has 2 aromatic carbocycles. The summed E-state index contributed by atoms with van der Waals surface area (Å²) in [5.41, 5.74) is -0.102. The minimum Gasteiger partial charge on any atom is -0.505 e. The van der Waals surface area contributed by atoms with Crippen LogP contribution in [0, 0.1) is 0 Å². The van der Waals surface area contributed by atoms with Gasteiger partial charge in [-0.1, -0.05) is 81.5 Å². The molecule has 0 unspecified atom stereocenters. The highest BCUT2D eigenvalue weighted by Gasteiger charge is 2.39. The van der Waals surface area contributed by atoms with Gasteiger partial charge in [0, 0.05) is 73.5 Å². The van der Waals surface area contributed by atoms with Crippen molar-refractivity contribution in [2.75, 3.05) is 88.3 Å². The highest BCUT2D eigenvalue weighted by molar-refractivity contribution is 8.76. The summed E-state index contributed by atoms with van der Waals surface area (Å²) in [4.78, 5) is 155. The van der Waals surface area contributed by atoms with Crippen LogP contribution in [0.1, 0.15) is 21.0 Å². The number of rotatable bonds is 8. The molecule has 76 heavy (non-hydrogen) atoms. The summed E-state index contributed by atoms with van der Waals surface area (Å²) in [5, 5.41) is 31.6. The maximum atomic E-state index is 14.7. The number of pyridine rings is 2. The van der Waals surface area contributed by atoms with Crippen molar-refractivity contribution in [2.45, 2.75) is 36.3 Å². The number of amides is 8. The zero-order valence-electron chi connectivity index (χ0n) is 42.0. The standard InChI is InChI=1S/C48H56N10O12S6/c1-55-31-23-75-76-24-32(46(68)58(4)34(22-72-6)48(70)74-19-29(41(63)49-17-37(55)61)53-43(65)39-35(59)15-25-11-7-9-13-27(25)51-39)56(2)38(62)18-50-42(64)30(20-73-47(69)33(21-71-5)57(3)45(31)67)54-44(66)40-36(60)16-26-12-8-10-14-28(26)52-40/h7-16,29-34,59-60H,17-24H2,1-6H3,(H,49,63)(H,50,64)(H,53,65)(H,54,66)/t29-,30-,31+,32+,33+,34+/m0/s1. The van der Waals surface area contributed by atoms with Crippen LogP contribution in [-0.2, 0) is 38.4 Å². The number of likely N-dealkylation sites (N-methyl/N-ethyl adjacent to an activating group) is 4. The Morgan fingerprint density at radius 3 is 1.33 bits per heavy atom. The average Bonchev–Trinajstić information content (AvgIpc) is 3.41. The minimum absolute atomic E-state index is 0.0598. The number of thioether (sulfide) groups is 4. The molecule has 406 valence electrons. The van der Waals surface area contributed by atoms with Gasteiger partial charge in [-0.25, -0.2) is 9.97 Å². The Hall–Kier alpha value is -5.94. The summed E-state index contributed by atoms with van der Waals surface area (Å²) in [6.07, 6.45) is 3.42. The molecule has 0 aliphatic carbocycles. The molecule has 6 N–H and O–H groups in total. The molecule has 2 saturated heterocycles. The number of carbonyl (C=O) groups excluding carboxylic acids is 10. The Labute approximate surface area is 462 Å². The predicted molar refractivity (Wildman–Crippen MR) is 298 cm³/mol. The fraction of sp³-hybridized carbons (Fsp3) is 0.417. The van der Waals surface area contributed by atoms with E-state index < -0.39 is 141 Å². The molecule has 0 spiro atoms. The fourth-order valence-electron chi connectivity index (χ4n) is 7.75. The van der Waals surface area contributed by atoms with Crippen LogP contribution in [0.3, 0.4) is 0 Å². The molecule has 22 nitrogen and oxygen atoms in total. The maximum Gasteiger partial charge on any atom is 0.274 e. The van der Waals surface area contributed by atoms with E-state index in [1.54, 1.807) is 61.0 Å². The number of hydrogen-bond donors (Lipinski definition) is 6. The van der Waals surface area contributed by atoms with E-state index >= 15 is 0 Å². The Morgan fingerprint density at radius 2 is 0.961 bits per heavy atom. The number of aromatic hydroxyl groups is 2. The van der Waals surface area contributed by atoms with Crippen LogP contribution in [0.4, 0.5) is 0 Å². The van der Waals surface area contributed by atoms with Gasteiger partial charge < -0.3 is 51.1 Å². The molecule has 2 aromatic heterocycles. The Kier molecular flexibility index (Phi) is 21.4. The van der Waals surface area contributed by atoms with Crippen LogP contribution >= 0.6 is 68.6 Å². The van der Waals surface area contributed by atoms with Crippen molar-refractivity contribution >= 4 is 148 Å². The van der Waals surface area contributed by atoms with Gasteiger partial charge >= 0.3 is 0 Å². The third-order valence-corrected chi connectivity index (χ3v) is 18.1. The lowest BCUT2D eigenvalue weighted by Crippen LogP contribution is -2.57. The van der Waals surface area contributed by atoms with Crippen molar-refractivity contribution in [3.05, 3.63) is 72.1 Å². The minimum atomic E-state index is -1.53. The van der Waals surface area contributed by atoms with Crippen molar-refractivity contribution in [3.63, 3.8) is 0 Å². The Balaban J connectivity index is 1.36. The van der Waals surface area contributed by atoms with Gasteiger partial charge in [-0.15, -0.1) is 0 Å². The van der Waals surface area contributed by atoms with E-state index in [1.807, 2.05) is 0 Å². The number of aromatic nitrogens is 2. The Morgan fingerprint density at radius 1 is 0.592 bits per heavy atom. The quantitative estimate of drug-likeness (QED) is 0.136. The van der Waals surface area contributed by atoms with Gasteiger partial charge in [-0.2, -0.15) is 23.5 Å². The number of nitrogens with one attached hydrogen (secondary N) is 4. The van der Waals surface area contributed by atoms with E-state index in [-0.39, 0.29) is 23.0 Å². The number of nitrogens with zero attached hydrogens (tertiary/aromatic N) is 6. The van der Waals surface area contributed by atoms with Crippen LogP contribution < -0.4 is 21.3 Å². The summed E-state index contributed by atoms with van der Waals surface area (Å²) in [5.74, 6) is -8.66. The van der Waals surface area contributed by atoms with Crippen molar-refractivity contribution in [2.24, 2.45) is 0 Å². The highest BCUT2D eigenvalue weighted by atomic mass is 33.1. The number of carbonyl (C=O) groups is 10. The van der Waals surface area contributed by atoms with Crippen molar-refractivity contribution in [1.29, 1.82) is 0 Å². The van der Waals surface area contributed by atoms with E-state index in [1.165, 1.54) is 73.6 Å². The SMILES string of the molecule is CSC[C@@H]1C(=O)SC[C@H](NC(=O)c2nc3ccccc3cc2O)C(=O)NCC(=O)N(C)[C@@H]2CSSC[C@H](C(=O)N1C)N(C)C(=O)CNC(=O)[C@@H](NC(=O)c1nc3ccccc3cc1O)CSC(=O)[C@@H](CSC)N(C)C2=O. The first kappa shape index (κ1) is 59.3. The summed E-state index contributed by atoms with van der Waals surface area (Å²) < 4.78 is 0. The van der Waals surface area contributed by atoms with Crippen LogP contribution in [0.2, 0.25) is 0 Å². The molecule has 2 aliphatic rings. The summed E-state index contributed by atoms with van der Waals surface area (Å²) in [6, 6.07) is 8.07. The lowest BCUT2D eigenvalue weighted by molar-refractivity contribution is -0.144. The van der Waals surface area contributed by atoms with Crippen molar-refractivity contribution in [1.82, 2.24) is 50.8 Å². The number of para-hydroxylation sites is 2. The molecular formula is C48H56N10O12S6. The first-order valence-corrected chi connectivity index (χ1v) is 30.5. The first-order chi connectivity index (χ1) is 36.2. The van der Waals surface area contributed by atoms with Gasteiger partial charge in [0.05, 0.1) is 24.1 Å². The van der Waals surface area contributed by atoms with E-state index in [4.69, 9.17) is 0 Å². The lowest BCUT2D eigenvalue weighted by Gasteiger charge is -2.35. The van der Waals surface area contributed by atoms with E-state index in [0.29, 0.717) is 45.3 Å². The van der Waals surface area contributed by atoms with Crippen molar-refractivity contribution in [3.8, 4) is 11.5 Å². The van der Waals surface area contributed by atoms with Crippen molar-refractivity contribution < 1.29 is 58.2 Å². The van der Waals surface area contributed by atoms with Gasteiger partial charge in [-0.05, 0) is 36.8 Å². The zero-order chi connectivity index (χ0) is 55.4. The average molecular weight is 1160 g/mol. The fourth-order valence-corrected chi connectivity index (χ4v) is 13.9. The van der Waals surface area contributed by atoms with Crippen LogP contribution in [0.15, 0.2) is 60.7 Å². The lowest BCUT2D eigenvalue weighted by atomic mass is 10.1. The normalized spacial score (nSPS) is 22.8. The molecule has 0 saturated carbocycles. The topological polar surface area (TPSA) is 298 Å². The monoisotopic (exact) mass is 1160 g/mol. The van der Waals surface area contributed by atoms with Crippen LogP contribution in [0.25, 0.3) is 21.8 Å². The molecule has 6 atom stereocenters. The van der Waals surface area contributed by atoms with Crippen LogP contribution in [0.5, 0.6) is 11.5 Å². The summed E-state index contributed by atoms with van der Waals surface area (Å²) in [7, 11) is 7.60. The van der Waals surface area contributed by atoms with E-state index in [9.17, 15) is 58.2 Å². The number of hydrogen-bond acceptors (Lipinski definition) is 20. The highest BCUT2D eigenvalue weighted by Crippen LogP contribution is 2.30. The molecule has 28 heteroatoms. The largest absolute Gasteiger partial charge is 0.505 e. The third-order valence-electron chi connectivity index (χ3n) is 12.3. The van der Waals surface area contributed by atoms with Gasteiger partial charge in [0.1, 0.15) is 47.8 Å². The molecular weight excluding hydrogens is 1100 g/mol. The van der Waals surface area contributed by atoms with Gasteiger partial charge in [0.25, 0.3) is 11.8 Å². The predicted octanol–water partition coefficient (Wildman–Crippen LogP) is 1.29. The summed E-state index contributed by atoms with van der Waals surface area (Å²) >= 11 is 3.71. The zero-order valence-corrected chi connectivity index (χ0v) is 46.9. The molecule has 8 amide bonds. The molecule has 4 heterocycles. The van der Waals surface area contributed by atoms with Gasteiger partial charge in [0.15, 0.2) is 11.4 Å². The summed E-state index contributed by atoms with van der Waals surface area (Å²) in [6.45, 7) is -1.39. The molecule has 2 bridgehead atoms. The number of benzene rings is 2. The van der Waals surface area contributed by atoms with Crippen LogP contribution in [-0.4, -0.2) is 222 Å². The second-order valence-electron chi connectivity index (χ2n) is 17.3. The second-order valence-corrected chi connectivity index (χ2v) is 23.7. The van der Waals surface area contributed by atoms with Gasteiger partial charge in [-0.3, -0.25) is 47.9 Å². The first-order valence-electron chi connectivity index (χ1n) is 23.2. The third kappa shape index (κ3) is 14.5. The molecule has 2 fully saturated rings. The number of fused-ring (bicyclic) bond motifs is 7. The molecule has 6 rings (SSSR count). The van der Waals surface area contributed by atoms with Gasteiger partial charge in [0.2, 0.25) is 45.7 Å². The van der Waals surface area contributed by atoms with E-state index in [0.717, 1.165) is 31.4 Å². The smallest absolute Gasteiger partial charge is 0.274 e. The molecule has 2 aliphatic heterocycles. The van der Waals surface area contributed by atoms with E-state index in [2.05, 4.69) is 31.2 Å². The molecule has 4 aromatic rings. The maximum absolute atomic E-state index is 14.7. The second kappa shape index (κ2) is 27.4. The Bertz CT molecular complexity index is 2710. The molecule has 0 radical (unpaired) electrons.